The summed E-state index contributed by atoms with van der Waals surface area (Å²) in [7, 11) is 0. The summed E-state index contributed by atoms with van der Waals surface area (Å²) in [5.41, 5.74) is 14.5. The van der Waals surface area contributed by atoms with Crippen LogP contribution in [0.25, 0.3) is 0 Å². The Hall–Kier alpha value is -0.900. The molecule has 0 bridgehead atoms. The van der Waals surface area contributed by atoms with E-state index in [-0.39, 0.29) is 12.6 Å². The van der Waals surface area contributed by atoms with Crippen LogP contribution in [-0.4, -0.2) is 17.8 Å². The smallest absolute Gasteiger partial charge is 0.0854 e. The van der Waals surface area contributed by atoms with Gasteiger partial charge in [-0.1, -0.05) is 23.8 Å². The number of aliphatic hydroxyl groups excluding tert-OH is 1. The largest absolute Gasteiger partial charge is 0.390 e. The van der Waals surface area contributed by atoms with Crippen LogP contribution in [0.5, 0.6) is 0 Å². The van der Waals surface area contributed by atoms with Crippen molar-refractivity contribution < 1.29 is 5.11 Å². The number of hydrogen-bond acceptors (Lipinski definition) is 3. The molecule has 0 spiro atoms. The van der Waals surface area contributed by atoms with Crippen LogP contribution in [-0.2, 0) is 0 Å². The molecule has 3 nitrogen and oxygen atoms in total. The van der Waals surface area contributed by atoms with Gasteiger partial charge in [0.15, 0.2) is 0 Å². The van der Waals surface area contributed by atoms with Gasteiger partial charge in [0.25, 0.3) is 0 Å². The monoisotopic (exact) mass is 194 g/mol. The van der Waals surface area contributed by atoms with E-state index in [1.165, 1.54) is 5.56 Å². The number of aryl methyl sites for hydroxylation is 2. The van der Waals surface area contributed by atoms with Gasteiger partial charge in [-0.15, -0.1) is 0 Å². The lowest BCUT2D eigenvalue weighted by atomic mass is 9.96. The average molecular weight is 194 g/mol. The first-order valence-corrected chi connectivity index (χ1v) is 4.77. The molecule has 0 radical (unpaired) electrons. The van der Waals surface area contributed by atoms with E-state index in [0.717, 1.165) is 11.1 Å². The van der Waals surface area contributed by atoms with Crippen molar-refractivity contribution in [2.45, 2.75) is 26.0 Å². The number of aliphatic hydroxyl groups is 1. The maximum Gasteiger partial charge on any atom is 0.0854 e. The standard InChI is InChI=1S/C11H18N2O/c1-7-3-4-9(8(2)5-7)11(13)10(14)6-12/h3-5,10-11,14H,6,12-13H2,1-2H3. The number of hydrogen-bond donors (Lipinski definition) is 3. The molecule has 0 heterocycles. The van der Waals surface area contributed by atoms with Crippen LogP contribution in [0.2, 0.25) is 0 Å². The fourth-order valence-corrected chi connectivity index (χ4v) is 1.55. The second kappa shape index (κ2) is 4.55. The third-order valence-corrected chi connectivity index (χ3v) is 2.44. The van der Waals surface area contributed by atoms with Crippen LogP contribution in [0.3, 0.4) is 0 Å². The predicted octanol–water partition coefficient (Wildman–Crippen LogP) is 0.623. The van der Waals surface area contributed by atoms with Crippen molar-refractivity contribution in [3.05, 3.63) is 34.9 Å². The summed E-state index contributed by atoms with van der Waals surface area (Å²) in [4.78, 5) is 0. The minimum atomic E-state index is -0.670. The van der Waals surface area contributed by atoms with Crippen molar-refractivity contribution in [1.82, 2.24) is 0 Å². The Kier molecular flexibility index (Phi) is 3.63. The van der Waals surface area contributed by atoms with Crippen LogP contribution in [0.15, 0.2) is 18.2 Å². The van der Waals surface area contributed by atoms with Gasteiger partial charge in [0.05, 0.1) is 12.1 Å². The van der Waals surface area contributed by atoms with Crippen LogP contribution in [0.1, 0.15) is 22.7 Å². The Morgan fingerprint density at radius 1 is 1.36 bits per heavy atom. The molecule has 78 valence electrons. The summed E-state index contributed by atoms with van der Waals surface area (Å²) in [5.74, 6) is 0. The summed E-state index contributed by atoms with van der Waals surface area (Å²) in [6.45, 7) is 4.21. The van der Waals surface area contributed by atoms with Crippen LogP contribution in [0.4, 0.5) is 0 Å². The molecule has 1 aromatic rings. The molecule has 1 rings (SSSR count). The minimum absolute atomic E-state index is 0.189. The topological polar surface area (TPSA) is 72.3 Å². The van der Waals surface area contributed by atoms with E-state index in [0.29, 0.717) is 0 Å². The highest BCUT2D eigenvalue weighted by molar-refractivity contribution is 5.33. The van der Waals surface area contributed by atoms with E-state index >= 15 is 0 Å². The van der Waals surface area contributed by atoms with Crippen molar-refractivity contribution >= 4 is 0 Å². The summed E-state index contributed by atoms with van der Waals surface area (Å²) < 4.78 is 0. The highest BCUT2D eigenvalue weighted by Gasteiger charge is 2.16. The first kappa shape index (κ1) is 11.2. The van der Waals surface area contributed by atoms with Crippen molar-refractivity contribution in [2.75, 3.05) is 6.54 Å². The fourth-order valence-electron chi connectivity index (χ4n) is 1.55. The second-order valence-corrected chi connectivity index (χ2v) is 3.69. The van der Waals surface area contributed by atoms with Gasteiger partial charge in [-0.25, -0.2) is 0 Å². The molecule has 0 aliphatic carbocycles. The van der Waals surface area contributed by atoms with Crippen molar-refractivity contribution in [3.8, 4) is 0 Å². The molecule has 1 aromatic carbocycles. The summed E-state index contributed by atoms with van der Waals surface area (Å²) in [5, 5.41) is 9.52. The first-order chi connectivity index (χ1) is 6.56. The maximum absolute atomic E-state index is 9.52. The number of rotatable bonds is 3. The molecule has 0 aliphatic rings. The lowest BCUT2D eigenvalue weighted by Crippen LogP contribution is -2.33. The number of benzene rings is 1. The lowest BCUT2D eigenvalue weighted by Gasteiger charge is -2.19. The van der Waals surface area contributed by atoms with Crippen molar-refractivity contribution in [1.29, 1.82) is 0 Å². The molecule has 2 atom stereocenters. The molecule has 0 amide bonds. The van der Waals surface area contributed by atoms with Crippen molar-refractivity contribution in [3.63, 3.8) is 0 Å². The molecule has 0 aromatic heterocycles. The average Bonchev–Trinajstić information content (AvgIpc) is 2.15. The minimum Gasteiger partial charge on any atom is -0.390 e. The van der Waals surface area contributed by atoms with E-state index in [1.807, 2.05) is 26.0 Å². The fraction of sp³-hybridized carbons (Fsp3) is 0.455. The van der Waals surface area contributed by atoms with E-state index in [2.05, 4.69) is 6.07 Å². The SMILES string of the molecule is Cc1ccc(C(N)C(O)CN)c(C)c1. The second-order valence-electron chi connectivity index (χ2n) is 3.69. The first-order valence-electron chi connectivity index (χ1n) is 4.77. The molecule has 14 heavy (non-hydrogen) atoms. The molecule has 0 fully saturated rings. The van der Waals surface area contributed by atoms with Crippen molar-refractivity contribution in [2.24, 2.45) is 11.5 Å². The van der Waals surface area contributed by atoms with Gasteiger partial charge in [-0.05, 0) is 25.0 Å². The highest BCUT2D eigenvalue weighted by Crippen LogP contribution is 2.19. The van der Waals surface area contributed by atoms with Crippen LogP contribution >= 0.6 is 0 Å². The number of nitrogens with two attached hydrogens (primary N) is 2. The molecular formula is C11H18N2O. The van der Waals surface area contributed by atoms with Gasteiger partial charge < -0.3 is 16.6 Å². The molecule has 0 aliphatic heterocycles. The quantitative estimate of drug-likeness (QED) is 0.660. The molecular weight excluding hydrogens is 176 g/mol. The molecule has 3 heteroatoms. The lowest BCUT2D eigenvalue weighted by molar-refractivity contribution is 0.152. The summed E-state index contributed by atoms with van der Waals surface area (Å²) in [6, 6.07) is 5.61. The zero-order chi connectivity index (χ0) is 10.7. The van der Waals surface area contributed by atoms with E-state index < -0.39 is 6.10 Å². The van der Waals surface area contributed by atoms with Gasteiger partial charge in [0, 0.05) is 6.54 Å². The molecule has 0 saturated carbocycles. The molecule has 0 saturated heterocycles. The zero-order valence-corrected chi connectivity index (χ0v) is 8.70. The van der Waals surface area contributed by atoms with Gasteiger partial charge in [-0.2, -0.15) is 0 Å². The normalized spacial score (nSPS) is 15.2. The highest BCUT2D eigenvalue weighted by atomic mass is 16.3. The third-order valence-electron chi connectivity index (χ3n) is 2.44. The Morgan fingerprint density at radius 3 is 2.50 bits per heavy atom. The van der Waals surface area contributed by atoms with E-state index in [4.69, 9.17) is 11.5 Å². The zero-order valence-electron chi connectivity index (χ0n) is 8.70. The summed E-state index contributed by atoms with van der Waals surface area (Å²) in [6.07, 6.45) is -0.670. The molecule has 5 N–H and O–H groups in total. The Morgan fingerprint density at radius 2 is 2.00 bits per heavy atom. The van der Waals surface area contributed by atoms with Gasteiger partial charge in [0.1, 0.15) is 0 Å². The van der Waals surface area contributed by atoms with Crippen LogP contribution in [0, 0.1) is 13.8 Å². The van der Waals surface area contributed by atoms with Gasteiger partial charge >= 0.3 is 0 Å². The molecule has 2 unspecified atom stereocenters. The predicted molar refractivity (Wildman–Crippen MR) is 57.9 cm³/mol. The van der Waals surface area contributed by atoms with Gasteiger partial charge in [0.2, 0.25) is 0 Å². The van der Waals surface area contributed by atoms with E-state index in [9.17, 15) is 5.11 Å². The third kappa shape index (κ3) is 2.32. The Balaban J connectivity index is 2.95. The van der Waals surface area contributed by atoms with Gasteiger partial charge in [-0.3, -0.25) is 0 Å². The van der Waals surface area contributed by atoms with Crippen LogP contribution < -0.4 is 11.5 Å². The Labute approximate surface area is 84.7 Å². The maximum atomic E-state index is 9.52. The van der Waals surface area contributed by atoms with E-state index in [1.54, 1.807) is 0 Å². The Bertz CT molecular complexity index is 312. The summed E-state index contributed by atoms with van der Waals surface area (Å²) >= 11 is 0.